The zero-order chi connectivity index (χ0) is 27.6. The van der Waals surface area contributed by atoms with Gasteiger partial charge in [0.05, 0.1) is 0 Å². The third-order valence-electron chi connectivity index (χ3n) is 11.2. The second kappa shape index (κ2) is 10.6. The monoisotopic (exact) mass is 544 g/mol. The number of rotatable bonds is 6. The Kier molecular flexibility index (Phi) is 8.72. The molecule has 0 aromatic carbocycles. The highest BCUT2D eigenvalue weighted by Crippen LogP contribution is 2.63. The summed E-state index contributed by atoms with van der Waals surface area (Å²) in [5.74, 6) is 9.31. The maximum Gasteiger partial charge on any atom is 0.125 e. The van der Waals surface area contributed by atoms with E-state index in [2.05, 4.69) is 92.3 Å². The van der Waals surface area contributed by atoms with E-state index >= 15 is 0 Å². The lowest BCUT2D eigenvalue weighted by atomic mass is 9.75. The lowest BCUT2D eigenvalue weighted by Crippen LogP contribution is -2.70. The highest BCUT2D eigenvalue weighted by Gasteiger charge is 2.60. The molecule has 37 heavy (non-hydrogen) atoms. The molecule has 4 aliphatic carbocycles. The minimum atomic E-state index is -1.86. The van der Waals surface area contributed by atoms with Crippen molar-refractivity contribution in [2.24, 2.45) is 35.5 Å². The van der Waals surface area contributed by atoms with E-state index in [1.165, 1.54) is 57.0 Å². The molecule has 2 radical (unpaired) electrons. The number of nitrogens with one attached hydrogen (secondary N) is 2. The van der Waals surface area contributed by atoms with Gasteiger partial charge in [0, 0.05) is 11.1 Å². The molecule has 214 valence electrons. The van der Waals surface area contributed by atoms with E-state index in [-0.39, 0.29) is 11.1 Å². The summed E-state index contributed by atoms with van der Waals surface area (Å²) in [4.78, 5) is 9.03. The Balaban J connectivity index is 1.75. The van der Waals surface area contributed by atoms with Crippen molar-refractivity contribution in [1.82, 2.24) is 9.96 Å². The normalized spacial score (nSPS) is 41.2. The third kappa shape index (κ3) is 6.33. The van der Waals surface area contributed by atoms with E-state index in [0.29, 0.717) is 0 Å². The Morgan fingerprint density at radius 1 is 0.622 bits per heavy atom. The van der Waals surface area contributed by atoms with Crippen LogP contribution in [0.2, 0.25) is 29.8 Å². The van der Waals surface area contributed by atoms with E-state index in [1.807, 2.05) is 11.8 Å². The molecule has 4 aliphatic rings. The molecule has 0 aromatic heterocycles. The standard InChI is InChI=1S/C33H64N2Si2/c1-22-15-13-17-26-28(22)19-24(3)30(26)36(11,34-32(5,6)7)21-37(12,35-33(8,9)10)31-25(4)20-29-23(2)16-14-18-27(29)31/h22-25,28-31,34-35H,13-21H2,1-12H3. The van der Waals surface area contributed by atoms with Crippen LogP contribution in [0.25, 0.3) is 0 Å². The first-order valence-electron chi connectivity index (χ1n) is 16.2. The largest absolute Gasteiger partial charge is 0.332 e. The van der Waals surface area contributed by atoms with E-state index in [1.54, 1.807) is 0 Å². The first kappa shape index (κ1) is 30.3. The molecule has 4 rings (SSSR count). The van der Waals surface area contributed by atoms with Crippen LogP contribution < -0.4 is 9.96 Å². The fourth-order valence-electron chi connectivity index (χ4n) is 11.1. The smallest absolute Gasteiger partial charge is 0.125 e. The van der Waals surface area contributed by atoms with Crippen LogP contribution in [-0.2, 0) is 0 Å². The van der Waals surface area contributed by atoms with E-state index in [0.717, 1.165) is 46.6 Å². The average molecular weight is 545 g/mol. The predicted octanol–water partition coefficient (Wildman–Crippen LogP) is 9.29. The molecule has 0 aromatic rings. The summed E-state index contributed by atoms with van der Waals surface area (Å²) in [5.41, 5.74) is 3.51. The van der Waals surface area contributed by atoms with Crippen LogP contribution in [0.4, 0.5) is 0 Å². The van der Waals surface area contributed by atoms with Crippen molar-refractivity contribution < 1.29 is 0 Å². The highest BCUT2D eigenvalue weighted by molar-refractivity contribution is 6.96. The summed E-state index contributed by atoms with van der Waals surface area (Å²) in [7, 11) is -3.72. The van der Waals surface area contributed by atoms with Crippen molar-refractivity contribution in [3.05, 3.63) is 11.8 Å². The molecule has 0 amide bonds. The lowest BCUT2D eigenvalue weighted by molar-refractivity contribution is 0.296. The minimum absolute atomic E-state index is 0.174. The molecule has 0 heterocycles. The molecule has 4 heteroatoms. The first-order valence-corrected chi connectivity index (χ1v) is 21.8. The van der Waals surface area contributed by atoms with E-state index in [9.17, 15) is 0 Å². The summed E-state index contributed by atoms with van der Waals surface area (Å²) in [6, 6.07) is 0. The highest BCUT2D eigenvalue weighted by atomic mass is 28.4. The maximum absolute atomic E-state index is 4.52. The summed E-state index contributed by atoms with van der Waals surface area (Å²) in [6.45, 7) is 30.7. The van der Waals surface area contributed by atoms with Crippen LogP contribution in [0.5, 0.6) is 0 Å². The number of hydrogen-bond acceptors (Lipinski definition) is 2. The molecule has 2 N–H and O–H groups in total. The number of fused-ring (bicyclic) bond motifs is 2. The Bertz CT molecular complexity index is 722. The van der Waals surface area contributed by atoms with Crippen molar-refractivity contribution in [3.8, 4) is 0 Å². The zero-order valence-corrected chi connectivity index (χ0v) is 29.0. The maximum atomic E-state index is 4.52. The summed E-state index contributed by atoms with van der Waals surface area (Å²) >= 11 is 0. The van der Waals surface area contributed by atoms with Gasteiger partial charge in [0.25, 0.3) is 0 Å². The molecule has 4 saturated carbocycles. The molecule has 10 atom stereocenters. The van der Waals surface area contributed by atoms with Crippen molar-refractivity contribution in [3.63, 3.8) is 0 Å². The quantitative estimate of drug-likeness (QED) is 0.325. The second-order valence-electron chi connectivity index (χ2n) is 17.2. The van der Waals surface area contributed by atoms with E-state index in [4.69, 9.17) is 0 Å². The molecule has 0 aliphatic heterocycles. The van der Waals surface area contributed by atoms with E-state index < -0.39 is 16.5 Å². The first-order chi connectivity index (χ1) is 16.9. The Morgan fingerprint density at radius 2 is 0.973 bits per heavy atom. The molecule has 2 nitrogen and oxygen atoms in total. The van der Waals surface area contributed by atoms with Gasteiger partial charge in [0.1, 0.15) is 16.5 Å². The van der Waals surface area contributed by atoms with Gasteiger partial charge in [-0.25, -0.2) is 0 Å². The third-order valence-corrected chi connectivity index (χ3v) is 24.3. The molecular formula is C33H64N2Si2. The van der Waals surface area contributed by atoms with Gasteiger partial charge >= 0.3 is 0 Å². The van der Waals surface area contributed by atoms with Crippen LogP contribution in [0, 0.1) is 47.3 Å². The van der Waals surface area contributed by atoms with Gasteiger partial charge in [-0.1, -0.05) is 66.5 Å². The van der Waals surface area contributed by atoms with Crippen molar-refractivity contribution in [1.29, 1.82) is 0 Å². The van der Waals surface area contributed by atoms with Gasteiger partial charge in [0.2, 0.25) is 0 Å². The summed E-state index contributed by atoms with van der Waals surface area (Å²) in [6.07, 6.45) is 11.5. The van der Waals surface area contributed by atoms with Gasteiger partial charge in [-0.05, 0) is 131 Å². The molecular weight excluding hydrogens is 481 g/mol. The van der Waals surface area contributed by atoms with Crippen molar-refractivity contribution >= 4 is 16.5 Å². The van der Waals surface area contributed by atoms with Crippen molar-refractivity contribution in [2.75, 3.05) is 0 Å². The topological polar surface area (TPSA) is 24.1 Å². The lowest BCUT2D eigenvalue weighted by Gasteiger charge is -2.53. The molecule has 0 bridgehead atoms. The Morgan fingerprint density at radius 3 is 1.30 bits per heavy atom. The zero-order valence-electron chi connectivity index (χ0n) is 27.0. The fourth-order valence-corrected chi connectivity index (χ4v) is 28.6. The second-order valence-corrected chi connectivity index (χ2v) is 26.1. The fraction of sp³-hybridized carbons (Fsp3) is 0.939. The van der Waals surface area contributed by atoms with Crippen LogP contribution in [0.15, 0.2) is 0 Å². The Hall–Kier alpha value is 0.354. The van der Waals surface area contributed by atoms with Crippen LogP contribution in [-0.4, -0.2) is 27.5 Å². The summed E-state index contributed by atoms with van der Waals surface area (Å²) < 4.78 is 0. The molecule has 4 fully saturated rings. The van der Waals surface area contributed by atoms with Crippen molar-refractivity contribution in [2.45, 2.75) is 162 Å². The van der Waals surface area contributed by atoms with Gasteiger partial charge in [-0.3, -0.25) is 0 Å². The van der Waals surface area contributed by atoms with Gasteiger partial charge < -0.3 is 9.96 Å². The molecule has 10 unspecified atom stereocenters. The van der Waals surface area contributed by atoms with Gasteiger partial charge in [-0.2, -0.15) is 0 Å². The molecule has 0 spiro atoms. The van der Waals surface area contributed by atoms with Gasteiger partial charge in [0.15, 0.2) is 0 Å². The minimum Gasteiger partial charge on any atom is -0.332 e. The Labute approximate surface area is 234 Å². The SMILES string of the molecule is CC1CCC[C]2C1CC(C)C2[Si](C)(C[Si](C)(NC(C)(C)C)C1[C]2CCCC(C)C2CC1C)NC(C)(C)C. The average Bonchev–Trinajstić information content (AvgIpc) is 3.23. The van der Waals surface area contributed by atoms with Crippen LogP contribution in [0.1, 0.15) is 121 Å². The summed E-state index contributed by atoms with van der Waals surface area (Å²) in [5, 5.41) is 0. The predicted molar refractivity (Wildman–Crippen MR) is 168 cm³/mol. The number of hydrogen-bond donors (Lipinski definition) is 2. The van der Waals surface area contributed by atoms with Crippen LogP contribution in [0.3, 0.4) is 0 Å². The van der Waals surface area contributed by atoms with Crippen LogP contribution >= 0.6 is 0 Å². The van der Waals surface area contributed by atoms with Gasteiger partial charge in [-0.15, -0.1) is 0 Å². The molecule has 0 saturated heterocycles.